The minimum absolute atomic E-state index is 0.0250. The zero-order chi connectivity index (χ0) is 20.3. The Kier molecular flexibility index (Phi) is 6.16. The Labute approximate surface area is 163 Å². The number of carbonyl (C=O) groups is 3. The second kappa shape index (κ2) is 8.58. The number of nitrogens with zero attached hydrogens (tertiary/aromatic N) is 1. The lowest BCUT2D eigenvalue weighted by molar-refractivity contribution is -0.128. The maximum atomic E-state index is 13.6. The minimum Gasteiger partial charge on any atom is -0.496 e. The van der Waals surface area contributed by atoms with Gasteiger partial charge in [-0.25, -0.2) is 4.39 Å². The first-order chi connectivity index (χ1) is 13.4. The van der Waals surface area contributed by atoms with E-state index in [1.807, 2.05) is 6.92 Å². The van der Waals surface area contributed by atoms with Crippen molar-refractivity contribution in [3.05, 3.63) is 29.6 Å². The molecule has 0 spiro atoms. The molecule has 3 rings (SSSR count). The standard InChI is InChI=1S/C20H26FN3O4/c1-12-7-13(10-23-18(25)8-14-5-6-22-19(14)26)11-24(12)20(27)16-9-15(21)3-4-17(16)28-2/h3-4,9,12-14H,5-8,10-11H2,1-2H3,(H,22,26)(H,23,25). The van der Waals surface area contributed by atoms with Crippen molar-refractivity contribution in [3.8, 4) is 5.75 Å². The Morgan fingerprint density at radius 3 is 2.86 bits per heavy atom. The first-order valence-corrected chi connectivity index (χ1v) is 9.58. The van der Waals surface area contributed by atoms with Crippen LogP contribution in [0.3, 0.4) is 0 Å². The highest BCUT2D eigenvalue weighted by Crippen LogP contribution is 2.28. The van der Waals surface area contributed by atoms with Crippen molar-refractivity contribution in [3.63, 3.8) is 0 Å². The van der Waals surface area contributed by atoms with Crippen LogP contribution in [0.2, 0.25) is 0 Å². The van der Waals surface area contributed by atoms with E-state index < -0.39 is 5.82 Å². The number of amides is 3. The Balaban J connectivity index is 1.55. The molecule has 28 heavy (non-hydrogen) atoms. The van der Waals surface area contributed by atoms with Gasteiger partial charge in [0, 0.05) is 38.0 Å². The van der Waals surface area contributed by atoms with Crippen molar-refractivity contribution in [2.45, 2.75) is 32.2 Å². The van der Waals surface area contributed by atoms with Crippen molar-refractivity contribution >= 4 is 17.7 Å². The van der Waals surface area contributed by atoms with Gasteiger partial charge in [0.05, 0.1) is 12.7 Å². The summed E-state index contributed by atoms with van der Waals surface area (Å²) in [6, 6.07) is 3.87. The van der Waals surface area contributed by atoms with Crippen LogP contribution in [0.4, 0.5) is 4.39 Å². The molecular formula is C20H26FN3O4. The third-order valence-corrected chi connectivity index (χ3v) is 5.50. The lowest BCUT2D eigenvalue weighted by Crippen LogP contribution is -2.36. The minimum atomic E-state index is -0.490. The molecule has 152 valence electrons. The first-order valence-electron chi connectivity index (χ1n) is 9.58. The van der Waals surface area contributed by atoms with Gasteiger partial charge in [0.1, 0.15) is 11.6 Å². The van der Waals surface area contributed by atoms with Gasteiger partial charge in [-0.15, -0.1) is 0 Å². The molecule has 1 aromatic rings. The maximum absolute atomic E-state index is 13.6. The highest BCUT2D eigenvalue weighted by atomic mass is 19.1. The summed E-state index contributed by atoms with van der Waals surface area (Å²) in [6.45, 7) is 3.48. The average molecular weight is 391 g/mol. The number of ether oxygens (including phenoxy) is 1. The van der Waals surface area contributed by atoms with Gasteiger partial charge in [-0.3, -0.25) is 14.4 Å². The summed E-state index contributed by atoms with van der Waals surface area (Å²) in [6.07, 6.45) is 1.62. The van der Waals surface area contributed by atoms with Crippen LogP contribution >= 0.6 is 0 Å². The lowest BCUT2D eigenvalue weighted by atomic mass is 10.0. The number of nitrogens with one attached hydrogen (secondary N) is 2. The van der Waals surface area contributed by atoms with Crippen LogP contribution in [0.25, 0.3) is 0 Å². The van der Waals surface area contributed by atoms with Crippen LogP contribution in [-0.4, -0.2) is 55.4 Å². The fourth-order valence-corrected chi connectivity index (χ4v) is 3.97. The third kappa shape index (κ3) is 4.43. The van der Waals surface area contributed by atoms with Crippen LogP contribution in [0.15, 0.2) is 18.2 Å². The molecule has 2 saturated heterocycles. The van der Waals surface area contributed by atoms with E-state index in [1.54, 1.807) is 4.90 Å². The largest absolute Gasteiger partial charge is 0.496 e. The molecule has 2 N–H and O–H groups in total. The highest BCUT2D eigenvalue weighted by Gasteiger charge is 2.34. The van der Waals surface area contributed by atoms with E-state index >= 15 is 0 Å². The van der Waals surface area contributed by atoms with E-state index in [0.29, 0.717) is 31.8 Å². The van der Waals surface area contributed by atoms with Crippen LogP contribution in [0, 0.1) is 17.7 Å². The van der Waals surface area contributed by atoms with Gasteiger partial charge in [-0.05, 0) is 43.9 Å². The number of hydrogen-bond donors (Lipinski definition) is 2. The summed E-state index contributed by atoms with van der Waals surface area (Å²) in [5.74, 6) is -0.779. The molecule has 0 bridgehead atoms. The second-order valence-corrected chi connectivity index (χ2v) is 7.54. The van der Waals surface area contributed by atoms with Gasteiger partial charge >= 0.3 is 0 Å². The first kappa shape index (κ1) is 20.1. The van der Waals surface area contributed by atoms with Crippen molar-refractivity contribution < 1.29 is 23.5 Å². The van der Waals surface area contributed by atoms with Crippen molar-refractivity contribution in [1.29, 1.82) is 0 Å². The van der Waals surface area contributed by atoms with E-state index in [-0.39, 0.29) is 47.6 Å². The van der Waals surface area contributed by atoms with Gasteiger partial charge in [0.25, 0.3) is 5.91 Å². The highest BCUT2D eigenvalue weighted by molar-refractivity contribution is 5.97. The number of methoxy groups -OCH3 is 1. The van der Waals surface area contributed by atoms with Crippen LogP contribution in [-0.2, 0) is 9.59 Å². The fraction of sp³-hybridized carbons (Fsp3) is 0.550. The molecule has 2 heterocycles. The number of carbonyl (C=O) groups excluding carboxylic acids is 3. The van der Waals surface area contributed by atoms with Gasteiger partial charge in [-0.1, -0.05) is 0 Å². The topological polar surface area (TPSA) is 87.7 Å². The predicted molar refractivity (Wildman–Crippen MR) is 100 cm³/mol. The maximum Gasteiger partial charge on any atom is 0.257 e. The van der Waals surface area contributed by atoms with E-state index in [2.05, 4.69) is 10.6 Å². The Bertz CT molecular complexity index is 770. The molecule has 0 saturated carbocycles. The summed E-state index contributed by atoms with van der Waals surface area (Å²) in [4.78, 5) is 38.3. The molecule has 2 aliphatic heterocycles. The average Bonchev–Trinajstić information content (AvgIpc) is 3.24. The third-order valence-electron chi connectivity index (χ3n) is 5.50. The molecule has 0 aliphatic carbocycles. The molecule has 3 atom stereocenters. The number of benzene rings is 1. The fourth-order valence-electron chi connectivity index (χ4n) is 3.97. The molecule has 8 heteroatoms. The van der Waals surface area contributed by atoms with E-state index in [4.69, 9.17) is 4.74 Å². The SMILES string of the molecule is COc1ccc(F)cc1C(=O)N1CC(CNC(=O)CC2CCNC2=O)CC1C. The van der Waals surface area contributed by atoms with Gasteiger partial charge in [-0.2, -0.15) is 0 Å². The summed E-state index contributed by atoms with van der Waals surface area (Å²) in [7, 11) is 1.44. The number of likely N-dealkylation sites (tertiary alicyclic amines) is 1. The number of hydrogen-bond acceptors (Lipinski definition) is 4. The number of rotatable bonds is 6. The molecule has 1 aromatic carbocycles. The van der Waals surface area contributed by atoms with Crippen molar-refractivity contribution in [2.24, 2.45) is 11.8 Å². The molecule has 7 nitrogen and oxygen atoms in total. The summed E-state index contributed by atoms with van der Waals surface area (Å²) < 4.78 is 18.8. The van der Waals surface area contributed by atoms with E-state index in [9.17, 15) is 18.8 Å². The normalized spacial score (nSPS) is 24.2. The molecule has 2 fully saturated rings. The molecular weight excluding hydrogens is 365 g/mol. The molecule has 2 aliphatic rings. The monoisotopic (exact) mass is 391 g/mol. The Morgan fingerprint density at radius 1 is 1.39 bits per heavy atom. The van der Waals surface area contributed by atoms with Gasteiger partial charge in [0.15, 0.2) is 0 Å². The quantitative estimate of drug-likeness (QED) is 0.766. The predicted octanol–water partition coefficient (Wildman–Crippen LogP) is 1.33. The zero-order valence-electron chi connectivity index (χ0n) is 16.2. The summed E-state index contributed by atoms with van der Waals surface area (Å²) in [5, 5.41) is 5.61. The van der Waals surface area contributed by atoms with E-state index in [1.165, 1.54) is 25.3 Å². The number of halogens is 1. The smallest absolute Gasteiger partial charge is 0.257 e. The van der Waals surface area contributed by atoms with Gasteiger partial charge in [0.2, 0.25) is 11.8 Å². The molecule has 3 unspecified atom stereocenters. The summed E-state index contributed by atoms with van der Waals surface area (Å²) in [5.41, 5.74) is 0.200. The Morgan fingerprint density at radius 2 is 2.18 bits per heavy atom. The zero-order valence-corrected chi connectivity index (χ0v) is 16.2. The lowest BCUT2D eigenvalue weighted by Gasteiger charge is -2.22. The van der Waals surface area contributed by atoms with Crippen LogP contribution in [0.5, 0.6) is 5.75 Å². The van der Waals surface area contributed by atoms with E-state index in [0.717, 1.165) is 6.42 Å². The molecule has 3 amide bonds. The second-order valence-electron chi connectivity index (χ2n) is 7.54. The molecule has 0 aromatic heterocycles. The van der Waals surface area contributed by atoms with Crippen molar-refractivity contribution in [1.82, 2.24) is 15.5 Å². The van der Waals surface area contributed by atoms with Crippen LogP contribution in [0.1, 0.15) is 36.5 Å². The Hall–Kier alpha value is -2.64. The van der Waals surface area contributed by atoms with Crippen LogP contribution < -0.4 is 15.4 Å². The molecule has 0 radical (unpaired) electrons. The van der Waals surface area contributed by atoms with Gasteiger partial charge < -0.3 is 20.3 Å². The summed E-state index contributed by atoms with van der Waals surface area (Å²) >= 11 is 0. The van der Waals surface area contributed by atoms with Crippen molar-refractivity contribution in [2.75, 3.05) is 26.7 Å².